The summed E-state index contributed by atoms with van der Waals surface area (Å²) in [6.07, 6.45) is 2.44. The van der Waals surface area contributed by atoms with Crippen molar-refractivity contribution >= 4 is 33.6 Å². The average molecular weight is 807 g/mol. The molecular formula is C43H50N8O6S. The highest BCUT2D eigenvalue weighted by Crippen LogP contribution is 2.30. The van der Waals surface area contributed by atoms with Gasteiger partial charge in [-0.1, -0.05) is 60.7 Å². The first-order chi connectivity index (χ1) is 27.7. The number of sulfonamides is 1. The topological polar surface area (TPSA) is 197 Å². The molecule has 3 amide bonds. The van der Waals surface area contributed by atoms with Crippen LogP contribution in [-0.4, -0.2) is 65.1 Å². The van der Waals surface area contributed by atoms with Crippen LogP contribution in [0.3, 0.4) is 0 Å². The molecule has 0 aliphatic heterocycles. The number of amides is 3. The van der Waals surface area contributed by atoms with Crippen molar-refractivity contribution in [1.29, 1.82) is 0 Å². The molecule has 0 spiro atoms. The standard InChI is InChI=1S/C43H50N8O6S/c1-28-13-22-36(58(55,56)45-27-29-9-6-5-7-10-29)25-37(28)34-12-8-11-31(23-34)24-38(41(53)46-35-20-18-32(19-21-35)39-48-50-51-49-39)47-40(52)33-16-14-30(15-17-33)26-44-42(54)57-43(2,3)4/h5-13,18-23,25,30,33,38,45H,14-17,24,26-27H2,1-4H3,(H,44,54)(H,46,53)(H,47,52)(H,48,49,50,51)/t30?,33?,38-/m0/s1. The van der Waals surface area contributed by atoms with Crippen molar-refractivity contribution in [2.45, 2.75) is 82.9 Å². The van der Waals surface area contributed by atoms with Crippen LogP contribution in [0.1, 0.15) is 63.1 Å². The number of rotatable bonds is 14. The summed E-state index contributed by atoms with van der Waals surface area (Å²) in [5, 5.41) is 22.9. The third-order valence-electron chi connectivity index (χ3n) is 10.0. The average Bonchev–Trinajstić information content (AvgIpc) is 3.75. The maximum atomic E-state index is 14.0. The maximum Gasteiger partial charge on any atom is 0.407 e. The van der Waals surface area contributed by atoms with Crippen LogP contribution in [-0.2, 0) is 37.3 Å². The number of aromatic amines is 1. The number of nitrogens with one attached hydrogen (secondary N) is 5. The Morgan fingerprint density at radius 3 is 2.28 bits per heavy atom. The molecule has 1 aliphatic carbocycles. The van der Waals surface area contributed by atoms with Gasteiger partial charge in [0, 0.05) is 36.7 Å². The molecule has 1 aliphatic rings. The molecule has 58 heavy (non-hydrogen) atoms. The van der Waals surface area contributed by atoms with E-state index in [1.165, 1.54) is 0 Å². The minimum absolute atomic E-state index is 0.139. The second-order valence-electron chi connectivity index (χ2n) is 15.7. The molecule has 15 heteroatoms. The van der Waals surface area contributed by atoms with Crippen molar-refractivity contribution in [3.05, 3.63) is 114 Å². The summed E-state index contributed by atoms with van der Waals surface area (Å²) in [5.74, 6) is -0.267. The van der Waals surface area contributed by atoms with Crippen molar-refractivity contribution in [2.75, 3.05) is 11.9 Å². The fraction of sp³-hybridized carbons (Fsp3) is 0.349. The van der Waals surface area contributed by atoms with Gasteiger partial charge in [0.15, 0.2) is 0 Å². The molecule has 0 bridgehead atoms. The second-order valence-corrected chi connectivity index (χ2v) is 17.4. The predicted octanol–water partition coefficient (Wildman–Crippen LogP) is 6.32. The molecule has 14 nitrogen and oxygen atoms in total. The van der Waals surface area contributed by atoms with Crippen LogP contribution in [0.2, 0.25) is 0 Å². The summed E-state index contributed by atoms with van der Waals surface area (Å²) in [7, 11) is -3.82. The minimum atomic E-state index is -3.82. The first-order valence-corrected chi connectivity index (χ1v) is 20.9. The highest BCUT2D eigenvalue weighted by Gasteiger charge is 2.30. The fourth-order valence-electron chi connectivity index (χ4n) is 6.92. The summed E-state index contributed by atoms with van der Waals surface area (Å²) in [6, 6.07) is 28.0. The number of hydrogen-bond donors (Lipinski definition) is 5. The SMILES string of the molecule is Cc1ccc(S(=O)(=O)NCc2ccccc2)cc1-c1cccc(C[C@H](NC(=O)C2CCC(CNC(=O)OC(C)(C)C)CC2)C(=O)Nc2ccc(-c3nn[nH]n3)cc2)c1. The molecule has 1 aromatic heterocycles. The van der Waals surface area contributed by atoms with Gasteiger partial charge in [-0.05, 0) is 129 Å². The highest BCUT2D eigenvalue weighted by atomic mass is 32.2. The van der Waals surface area contributed by atoms with Gasteiger partial charge in [-0.2, -0.15) is 5.21 Å². The zero-order valence-electron chi connectivity index (χ0n) is 33.1. The lowest BCUT2D eigenvalue weighted by molar-refractivity contribution is -0.130. The quantitative estimate of drug-likeness (QED) is 0.0853. The molecule has 1 saturated carbocycles. The van der Waals surface area contributed by atoms with Crippen molar-refractivity contribution in [3.8, 4) is 22.5 Å². The summed E-state index contributed by atoms with van der Waals surface area (Å²) in [4.78, 5) is 40.1. The first-order valence-electron chi connectivity index (χ1n) is 19.4. The number of carbonyl (C=O) groups excluding carboxylic acids is 3. The number of ether oxygens (including phenoxy) is 1. The molecule has 6 rings (SSSR count). The number of hydrogen-bond acceptors (Lipinski definition) is 9. The largest absolute Gasteiger partial charge is 0.444 e. The van der Waals surface area contributed by atoms with Gasteiger partial charge in [0.25, 0.3) is 0 Å². The van der Waals surface area contributed by atoms with Gasteiger partial charge >= 0.3 is 6.09 Å². The molecule has 5 aromatic rings. The second kappa shape index (κ2) is 18.6. The maximum absolute atomic E-state index is 14.0. The van der Waals surface area contributed by atoms with Gasteiger partial charge in [0.05, 0.1) is 4.90 Å². The molecule has 0 saturated heterocycles. The third kappa shape index (κ3) is 11.6. The number of carbonyl (C=O) groups is 3. The van der Waals surface area contributed by atoms with Gasteiger partial charge in [-0.15, -0.1) is 10.2 Å². The molecule has 4 aromatic carbocycles. The molecule has 0 unspecified atom stereocenters. The van der Waals surface area contributed by atoms with E-state index < -0.39 is 33.7 Å². The van der Waals surface area contributed by atoms with Crippen LogP contribution in [0.4, 0.5) is 10.5 Å². The Bertz CT molecular complexity index is 2290. The lowest BCUT2D eigenvalue weighted by Gasteiger charge is -2.29. The predicted molar refractivity (Wildman–Crippen MR) is 221 cm³/mol. The van der Waals surface area contributed by atoms with Crippen LogP contribution in [0.15, 0.2) is 102 Å². The third-order valence-corrected chi connectivity index (χ3v) is 11.4. The first kappa shape index (κ1) is 41.7. The number of H-pyrrole nitrogens is 1. The van der Waals surface area contributed by atoms with Gasteiger partial charge in [-0.25, -0.2) is 17.9 Å². The summed E-state index contributed by atoms with van der Waals surface area (Å²) in [5.41, 5.74) is 4.65. The minimum Gasteiger partial charge on any atom is -0.444 e. The molecular weight excluding hydrogens is 757 g/mol. The van der Waals surface area contributed by atoms with Crippen molar-refractivity contribution in [1.82, 2.24) is 36.0 Å². The number of anilines is 1. The Kier molecular flexibility index (Phi) is 13.3. The molecule has 304 valence electrons. The Balaban J connectivity index is 1.17. The normalized spacial score (nSPS) is 16.2. The lowest BCUT2D eigenvalue weighted by Crippen LogP contribution is -2.48. The van der Waals surface area contributed by atoms with Gasteiger partial charge in [0.1, 0.15) is 11.6 Å². The van der Waals surface area contributed by atoms with Crippen molar-refractivity contribution in [3.63, 3.8) is 0 Å². The smallest absolute Gasteiger partial charge is 0.407 e. The molecule has 1 atom stereocenters. The van der Waals surface area contributed by atoms with E-state index >= 15 is 0 Å². The van der Waals surface area contributed by atoms with E-state index in [4.69, 9.17) is 4.74 Å². The number of tetrazole rings is 1. The number of aryl methyl sites for hydroxylation is 1. The van der Waals surface area contributed by atoms with E-state index in [1.54, 1.807) is 42.5 Å². The lowest BCUT2D eigenvalue weighted by atomic mass is 9.81. The van der Waals surface area contributed by atoms with Crippen LogP contribution < -0.4 is 20.7 Å². The zero-order chi connectivity index (χ0) is 41.3. The van der Waals surface area contributed by atoms with Crippen molar-refractivity contribution in [2.24, 2.45) is 11.8 Å². The summed E-state index contributed by atoms with van der Waals surface area (Å²) >= 11 is 0. The van der Waals surface area contributed by atoms with Gasteiger partial charge in [-0.3, -0.25) is 9.59 Å². The van der Waals surface area contributed by atoms with Gasteiger partial charge in [0.2, 0.25) is 27.7 Å². The highest BCUT2D eigenvalue weighted by molar-refractivity contribution is 7.89. The Hall–Kier alpha value is -5.93. The Morgan fingerprint density at radius 1 is 0.862 bits per heavy atom. The molecule has 0 radical (unpaired) electrons. The summed E-state index contributed by atoms with van der Waals surface area (Å²) in [6.45, 7) is 7.99. The monoisotopic (exact) mass is 806 g/mol. The van der Waals surface area contributed by atoms with Crippen LogP contribution in [0, 0.1) is 18.8 Å². The van der Waals surface area contributed by atoms with E-state index in [-0.39, 0.29) is 35.6 Å². The number of alkyl carbamates (subject to hydrolysis) is 1. The fourth-order valence-corrected chi connectivity index (χ4v) is 7.97. The zero-order valence-corrected chi connectivity index (χ0v) is 33.9. The van der Waals surface area contributed by atoms with Crippen LogP contribution in [0.25, 0.3) is 22.5 Å². The number of nitrogens with zero attached hydrogens (tertiary/aromatic N) is 3. The molecule has 5 N–H and O–H groups in total. The van der Waals surface area contributed by atoms with Crippen LogP contribution in [0.5, 0.6) is 0 Å². The molecule has 1 fully saturated rings. The van der Waals surface area contributed by atoms with Crippen molar-refractivity contribution < 1.29 is 27.5 Å². The number of aromatic nitrogens is 4. The van der Waals surface area contributed by atoms with E-state index in [9.17, 15) is 22.8 Å². The van der Waals surface area contributed by atoms with Crippen LogP contribution >= 0.6 is 0 Å². The summed E-state index contributed by atoms with van der Waals surface area (Å²) < 4.78 is 34.7. The van der Waals surface area contributed by atoms with E-state index in [0.29, 0.717) is 36.5 Å². The van der Waals surface area contributed by atoms with E-state index in [1.807, 2.05) is 82.3 Å². The van der Waals surface area contributed by atoms with Gasteiger partial charge < -0.3 is 20.7 Å². The van der Waals surface area contributed by atoms with E-state index in [0.717, 1.165) is 40.7 Å². The number of benzene rings is 4. The molecule has 1 heterocycles. The Morgan fingerprint density at radius 2 is 1.59 bits per heavy atom. The Labute approximate surface area is 339 Å². The van der Waals surface area contributed by atoms with E-state index in [2.05, 4.69) is 41.3 Å².